The predicted octanol–water partition coefficient (Wildman–Crippen LogP) is 5.90. The number of nitrogens with one attached hydrogen (secondary N) is 2. The van der Waals surface area contributed by atoms with Crippen LogP contribution < -0.4 is 15.5 Å². The Morgan fingerprint density at radius 2 is 1.93 bits per heavy atom. The number of carbonyl (C=O) groups is 1. The standard InChI is InChI=1S/C26H27ClF3N5O4S/c1-4-38-21(36)6-5-13-39-20-14-18(27)11-12-19(20)31-25(40)33-32-15(2)22-24(37)23(35(3)34-22)16-7-9-17(10-8-16)26(28,29)30/h7-12,14,37H,4-6,13H2,1-3H3,(H2,31,33,40)/b32-15-. The molecule has 3 N–H and O–H groups in total. The first kappa shape index (κ1) is 30.7. The first-order chi connectivity index (χ1) is 18.9. The summed E-state index contributed by atoms with van der Waals surface area (Å²) in [4.78, 5) is 11.5. The number of benzene rings is 2. The highest BCUT2D eigenvalue weighted by atomic mass is 35.5. The van der Waals surface area contributed by atoms with Crippen molar-refractivity contribution in [3.05, 3.63) is 58.7 Å². The van der Waals surface area contributed by atoms with Crippen molar-refractivity contribution in [3.8, 4) is 22.8 Å². The van der Waals surface area contributed by atoms with Crippen molar-refractivity contribution in [2.45, 2.75) is 32.9 Å². The zero-order valence-electron chi connectivity index (χ0n) is 21.8. The molecule has 9 nitrogen and oxygen atoms in total. The first-order valence-electron chi connectivity index (χ1n) is 12.0. The minimum absolute atomic E-state index is 0.0939. The molecule has 0 amide bonds. The van der Waals surface area contributed by atoms with Gasteiger partial charge in [0.2, 0.25) is 0 Å². The van der Waals surface area contributed by atoms with Crippen LogP contribution in [0.25, 0.3) is 11.3 Å². The van der Waals surface area contributed by atoms with Crippen LogP contribution in [0.3, 0.4) is 0 Å². The summed E-state index contributed by atoms with van der Waals surface area (Å²) in [5.74, 6) is -0.148. The molecule has 0 aliphatic carbocycles. The average molecular weight is 598 g/mol. The summed E-state index contributed by atoms with van der Waals surface area (Å²) < 4.78 is 50.7. The van der Waals surface area contributed by atoms with Gasteiger partial charge in [-0.1, -0.05) is 23.7 Å². The number of rotatable bonds is 10. The van der Waals surface area contributed by atoms with Crippen LogP contribution in [0.1, 0.15) is 37.9 Å². The molecular formula is C26H27ClF3N5O4S. The molecule has 0 saturated carbocycles. The highest BCUT2D eigenvalue weighted by Gasteiger charge is 2.30. The van der Waals surface area contributed by atoms with Crippen molar-refractivity contribution in [1.29, 1.82) is 0 Å². The molecule has 3 rings (SSSR count). The maximum Gasteiger partial charge on any atom is 0.416 e. The van der Waals surface area contributed by atoms with Crippen molar-refractivity contribution in [2.75, 3.05) is 18.5 Å². The molecule has 0 aliphatic heterocycles. The molecule has 0 spiro atoms. The summed E-state index contributed by atoms with van der Waals surface area (Å²) in [7, 11) is 1.55. The minimum atomic E-state index is -4.47. The van der Waals surface area contributed by atoms with Crippen LogP contribution in [0.5, 0.6) is 11.5 Å². The Kier molecular flexibility index (Phi) is 10.3. The highest BCUT2D eigenvalue weighted by Crippen LogP contribution is 2.35. The number of halogens is 4. The third kappa shape index (κ3) is 8.09. The van der Waals surface area contributed by atoms with E-state index in [0.29, 0.717) is 35.1 Å². The van der Waals surface area contributed by atoms with Gasteiger partial charge in [0.05, 0.1) is 30.2 Å². The molecule has 14 heteroatoms. The lowest BCUT2D eigenvalue weighted by Crippen LogP contribution is -2.25. The van der Waals surface area contributed by atoms with Crippen LogP contribution in [-0.2, 0) is 22.8 Å². The Balaban J connectivity index is 1.67. The molecule has 1 heterocycles. The molecule has 214 valence electrons. The van der Waals surface area contributed by atoms with Crippen molar-refractivity contribution < 1.29 is 32.5 Å². The van der Waals surface area contributed by atoms with E-state index in [1.165, 1.54) is 16.8 Å². The maximum atomic E-state index is 12.9. The van der Waals surface area contributed by atoms with Crippen LogP contribution in [0.2, 0.25) is 5.02 Å². The Morgan fingerprint density at radius 3 is 2.58 bits per heavy atom. The largest absolute Gasteiger partial charge is 0.504 e. The molecule has 0 bridgehead atoms. The van der Waals surface area contributed by atoms with E-state index in [0.717, 1.165) is 12.1 Å². The van der Waals surface area contributed by atoms with Crippen molar-refractivity contribution in [1.82, 2.24) is 15.2 Å². The number of anilines is 1. The Bertz CT molecular complexity index is 1390. The second kappa shape index (κ2) is 13.5. The lowest BCUT2D eigenvalue weighted by Gasteiger charge is -2.14. The van der Waals surface area contributed by atoms with Crippen LogP contribution >= 0.6 is 23.8 Å². The summed E-state index contributed by atoms with van der Waals surface area (Å²) in [6.45, 7) is 3.87. The van der Waals surface area contributed by atoms with Gasteiger partial charge in [-0.05, 0) is 56.8 Å². The van der Waals surface area contributed by atoms with E-state index in [4.69, 9.17) is 33.3 Å². The number of hydrazone groups is 1. The molecule has 0 atom stereocenters. The molecule has 40 heavy (non-hydrogen) atoms. The molecule has 1 aromatic heterocycles. The number of esters is 1. The Hall–Kier alpha value is -3.84. The maximum absolute atomic E-state index is 12.9. The third-order valence-corrected chi connectivity index (χ3v) is 5.88. The smallest absolute Gasteiger partial charge is 0.416 e. The number of alkyl halides is 3. The van der Waals surface area contributed by atoms with Crippen LogP contribution in [0, 0.1) is 0 Å². The fraction of sp³-hybridized carbons (Fsp3) is 0.308. The summed E-state index contributed by atoms with van der Waals surface area (Å²) in [6.07, 6.45) is -3.81. The number of aromatic hydroxyl groups is 1. The van der Waals surface area contributed by atoms with E-state index in [2.05, 4.69) is 20.9 Å². The van der Waals surface area contributed by atoms with Crippen molar-refractivity contribution in [3.63, 3.8) is 0 Å². The molecule has 0 fully saturated rings. The summed E-state index contributed by atoms with van der Waals surface area (Å²) >= 11 is 11.4. The molecule has 3 aromatic rings. The van der Waals surface area contributed by atoms with Gasteiger partial charge in [0.15, 0.2) is 16.6 Å². The number of carbonyl (C=O) groups excluding carboxylic acids is 1. The van der Waals surface area contributed by atoms with Gasteiger partial charge in [-0.15, -0.1) is 0 Å². The summed E-state index contributed by atoms with van der Waals surface area (Å²) in [6, 6.07) is 9.29. The van der Waals surface area contributed by atoms with E-state index in [-0.39, 0.29) is 47.0 Å². The quantitative estimate of drug-likeness (QED) is 0.0872. The van der Waals surface area contributed by atoms with Gasteiger partial charge in [0.1, 0.15) is 11.4 Å². The fourth-order valence-electron chi connectivity index (χ4n) is 3.59. The average Bonchev–Trinajstić information content (AvgIpc) is 3.20. The van der Waals surface area contributed by atoms with E-state index >= 15 is 0 Å². The fourth-order valence-corrected chi connectivity index (χ4v) is 3.90. The summed E-state index contributed by atoms with van der Waals surface area (Å²) in [5.41, 5.74) is 3.32. The second-order valence-electron chi connectivity index (χ2n) is 8.41. The number of thiocarbonyl (C=S) groups is 1. The SMILES string of the molecule is CCOC(=O)CCCOc1cc(Cl)ccc1NC(=S)N/N=C(/C)c1nn(C)c(-c2ccc(C(F)(F)F)cc2)c1O. The number of ether oxygens (including phenoxy) is 2. The second-order valence-corrected chi connectivity index (χ2v) is 9.25. The van der Waals surface area contributed by atoms with Gasteiger partial charge < -0.3 is 19.9 Å². The van der Waals surface area contributed by atoms with Crippen LogP contribution in [-0.4, -0.2) is 44.9 Å². The highest BCUT2D eigenvalue weighted by molar-refractivity contribution is 7.80. The monoisotopic (exact) mass is 597 g/mol. The van der Waals surface area contributed by atoms with Gasteiger partial charge in [-0.25, -0.2) is 0 Å². The van der Waals surface area contributed by atoms with Gasteiger partial charge in [0, 0.05) is 30.1 Å². The minimum Gasteiger partial charge on any atom is -0.504 e. The molecule has 0 saturated heterocycles. The molecule has 2 aromatic carbocycles. The Labute approximate surface area is 238 Å². The van der Waals surface area contributed by atoms with Gasteiger partial charge >= 0.3 is 12.1 Å². The van der Waals surface area contributed by atoms with Crippen LogP contribution in [0.15, 0.2) is 47.6 Å². The van der Waals surface area contributed by atoms with E-state index < -0.39 is 11.7 Å². The predicted molar refractivity (Wildman–Crippen MR) is 150 cm³/mol. The molecule has 0 unspecified atom stereocenters. The lowest BCUT2D eigenvalue weighted by atomic mass is 10.1. The van der Waals surface area contributed by atoms with Crippen molar-refractivity contribution >= 4 is 46.3 Å². The number of nitrogens with zero attached hydrogens (tertiary/aromatic N) is 3. The van der Waals surface area contributed by atoms with Gasteiger partial charge in [0.25, 0.3) is 0 Å². The lowest BCUT2D eigenvalue weighted by molar-refractivity contribution is -0.143. The van der Waals surface area contributed by atoms with E-state index in [1.54, 1.807) is 39.1 Å². The zero-order chi connectivity index (χ0) is 29.4. The van der Waals surface area contributed by atoms with E-state index in [9.17, 15) is 23.1 Å². The zero-order valence-corrected chi connectivity index (χ0v) is 23.4. The van der Waals surface area contributed by atoms with Gasteiger partial charge in [-0.3, -0.25) is 14.9 Å². The van der Waals surface area contributed by atoms with E-state index in [1.807, 2.05) is 0 Å². The third-order valence-electron chi connectivity index (χ3n) is 5.46. The topological polar surface area (TPSA) is 110 Å². The molecule has 0 aliphatic rings. The summed E-state index contributed by atoms with van der Waals surface area (Å²) in [5, 5.41) is 22.7. The number of hydrogen-bond acceptors (Lipinski definition) is 7. The first-order valence-corrected chi connectivity index (χ1v) is 12.8. The number of aromatic nitrogens is 2. The van der Waals surface area contributed by atoms with Crippen molar-refractivity contribution in [2.24, 2.45) is 12.1 Å². The van der Waals surface area contributed by atoms with Crippen LogP contribution in [0.4, 0.5) is 18.9 Å². The Morgan fingerprint density at radius 1 is 1.23 bits per heavy atom. The molecular weight excluding hydrogens is 571 g/mol. The normalized spacial score (nSPS) is 11.7. The van der Waals surface area contributed by atoms with Gasteiger partial charge in [-0.2, -0.15) is 23.4 Å². The number of aryl methyl sites for hydroxylation is 1. The molecule has 0 radical (unpaired) electrons. The number of hydrogen-bond donors (Lipinski definition) is 3.